The highest BCUT2D eigenvalue weighted by atomic mass is 16.2. The molecule has 5 nitrogen and oxygen atoms in total. The van der Waals surface area contributed by atoms with Gasteiger partial charge in [0.25, 0.3) is 0 Å². The normalized spacial score (nSPS) is 16.5. The van der Waals surface area contributed by atoms with Crippen molar-refractivity contribution in [2.75, 3.05) is 26.6 Å². The Kier molecular flexibility index (Phi) is 5.58. The van der Waals surface area contributed by atoms with Gasteiger partial charge in [0.05, 0.1) is 20.0 Å². The molecule has 0 bridgehead atoms. The molecular weight excluding hydrogens is 230 g/mol. The molecule has 0 unspecified atom stereocenters. The summed E-state index contributed by atoms with van der Waals surface area (Å²) in [5, 5.41) is 0. The van der Waals surface area contributed by atoms with Gasteiger partial charge in [-0.15, -0.1) is 0 Å². The first-order chi connectivity index (χ1) is 8.62. The molecule has 1 aliphatic rings. The summed E-state index contributed by atoms with van der Waals surface area (Å²) in [7, 11) is 0. The number of rotatable bonds is 5. The average Bonchev–Trinajstić information content (AvgIpc) is 2.42. The molecule has 2 amide bonds. The molecule has 0 atom stereocenters. The van der Waals surface area contributed by atoms with Crippen LogP contribution in [0.2, 0.25) is 0 Å². The number of hydrogen-bond donors (Lipinski definition) is 0. The van der Waals surface area contributed by atoms with E-state index in [-0.39, 0.29) is 11.8 Å². The van der Waals surface area contributed by atoms with Crippen molar-refractivity contribution in [2.24, 2.45) is 0 Å². The second-order valence-corrected chi connectivity index (χ2v) is 4.34. The van der Waals surface area contributed by atoms with Crippen LogP contribution < -0.4 is 0 Å². The van der Waals surface area contributed by atoms with E-state index in [1.54, 1.807) is 9.80 Å². The first-order valence-electron chi connectivity index (χ1n) is 6.17. The van der Waals surface area contributed by atoms with Crippen LogP contribution in [-0.4, -0.2) is 53.1 Å². The summed E-state index contributed by atoms with van der Waals surface area (Å²) in [5.41, 5.74) is 0. The number of carbonyl (C=O) groups is 2. The minimum atomic E-state index is -0.155. The zero-order valence-electron chi connectivity index (χ0n) is 11.0. The lowest BCUT2D eigenvalue weighted by atomic mass is 10.3. The quantitative estimate of drug-likeness (QED) is 0.685. The van der Waals surface area contributed by atoms with Crippen molar-refractivity contribution in [3.05, 3.63) is 25.3 Å². The Morgan fingerprint density at radius 2 is 1.56 bits per heavy atom. The molecule has 0 radical (unpaired) electrons. The number of nitrogens with zero attached hydrogens (tertiary/aromatic N) is 3. The van der Waals surface area contributed by atoms with E-state index in [0.717, 1.165) is 19.4 Å². The van der Waals surface area contributed by atoms with Gasteiger partial charge in [0, 0.05) is 6.54 Å². The third kappa shape index (κ3) is 3.70. The third-order valence-electron chi connectivity index (χ3n) is 2.88. The summed E-state index contributed by atoms with van der Waals surface area (Å²) in [5.74, 6) is -0.309. The van der Waals surface area contributed by atoms with Crippen molar-refractivity contribution >= 4 is 11.8 Å². The molecular formula is C13H21N3O2. The lowest BCUT2D eigenvalue weighted by Crippen LogP contribution is -2.57. The second kappa shape index (κ2) is 6.96. The van der Waals surface area contributed by atoms with E-state index in [0.29, 0.717) is 20.0 Å². The maximum absolute atomic E-state index is 11.7. The van der Waals surface area contributed by atoms with E-state index in [1.165, 1.54) is 12.2 Å². The Morgan fingerprint density at radius 1 is 1.06 bits per heavy atom. The Balaban J connectivity index is 2.71. The van der Waals surface area contributed by atoms with Gasteiger partial charge in [0.15, 0.2) is 0 Å². The zero-order valence-corrected chi connectivity index (χ0v) is 11.0. The molecule has 0 aliphatic carbocycles. The fourth-order valence-electron chi connectivity index (χ4n) is 1.88. The van der Waals surface area contributed by atoms with Gasteiger partial charge in [-0.3, -0.25) is 14.5 Å². The number of carbonyl (C=O) groups excluding carboxylic acids is 2. The Labute approximate surface area is 108 Å². The summed E-state index contributed by atoms with van der Waals surface area (Å²) in [4.78, 5) is 28.6. The minimum absolute atomic E-state index is 0.155. The molecule has 0 spiro atoms. The molecule has 0 aromatic rings. The van der Waals surface area contributed by atoms with Gasteiger partial charge >= 0.3 is 0 Å². The molecule has 1 fully saturated rings. The molecule has 1 rings (SSSR count). The molecule has 0 saturated carbocycles. The summed E-state index contributed by atoms with van der Waals surface area (Å²) < 4.78 is 0. The Bertz CT molecular complexity index is 313. The predicted octanol–water partition coefficient (Wildman–Crippen LogP) is 1.00. The van der Waals surface area contributed by atoms with Gasteiger partial charge in [0.1, 0.15) is 0 Å². The molecule has 1 heterocycles. The predicted molar refractivity (Wildman–Crippen MR) is 70.3 cm³/mol. The van der Waals surface area contributed by atoms with Crippen LogP contribution >= 0.6 is 0 Å². The topological polar surface area (TPSA) is 43.9 Å². The highest BCUT2D eigenvalue weighted by Crippen LogP contribution is 2.10. The van der Waals surface area contributed by atoms with Crippen LogP contribution in [0.1, 0.15) is 19.8 Å². The monoisotopic (exact) mass is 251 g/mol. The van der Waals surface area contributed by atoms with Crippen molar-refractivity contribution in [3.8, 4) is 0 Å². The van der Waals surface area contributed by atoms with Gasteiger partial charge in [-0.25, -0.2) is 0 Å². The number of amides is 2. The van der Waals surface area contributed by atoms with Crippen molar-refractivity contribution in [1.82, 2.24) is 14.7 Å². The van der Waals surface area contributed by atoms with Crippen LogP contribution in [0.4, 0.5) is 0 Å². The van der Waals surface area contributed by atoms with Gasteiger partial charge < -0.3 is 9.80 Å². The van der Waals surface area contributed by atoms with E-state index < -0.39 is 0 Å². The van der Waals surface area contributed by atoms with Crippen LogP contribution in [0.25, 0.3) is 0 Å². The van der Waals surface area contributed by atoms with E-state index in [2.05, 4.69) is 25.0 Å². The lowest BCUT2D eigenvalue weighted by Gasteiger charge is -2.41. The first kappa shape index (κ1) is 14.4. The number of unbranched alkanes of at least 4 members (excludes halogenated alkanes) is 1. The van der Waals surface area contributed by atoms with Crippen LogP contribution in [0.3, 0.4) is 0 Å². The van der Waals surface area contributed by atoms with E-state index in [1.807, 2.05) is 0 Å². The SMILES string of the molecule is C=CC(=O)N1CN(CCCC)CN(C(=O)C=C)C1. The van der Waals surface area contributed by atoms with Crippen LogP contribution in [0.5, 0.6) is 0 Å². The van der Waals surface area contributed by atoms with Gasteiger partial charge in [-0.2, -0.15) is 0 Å². The fourth-order valence-corrected chi connectivity index (χ4v) is 1.88. The first-order valence-corrected chi connectivity index (χ1v) is 6.17. The average molecular weight is 251 g/mol. The third-order valence-corrected chi connectivity index (χ3v) is 2.88. The van der Waals surface area contributed by atoms with Gasteiger partial charge in [-0.05, 0) is 18.6 Å². The van der Waals surface area contributed by atoms with Gasteiger partial charge in [-0.1, -0.05) is 26.5 Å². The molecule has 0 N–H and O–H groups in total. The van der Waals surface area contributed by atoms with E-state index in [9.17, 15) is 9.59 Å². The molecule has 100 valence electrons. The summed E-state index contributed by atoms with van der Waals surface area (Å²) in [6.07, 6.45) is 4.69. The van der Waals surface area contributed by atoms with Gasteiger partial charge in [0.2, 0.25) is 11.8 Å². The van der Waals surface area contributed by atoms with Crippen LogP contribution in [-0.2, 0) is 9.59 Å². The molecule has 1 aliphatic heterocycles. The number of hydrogen-bond acceptors (Lipinski definition) is 3. The lowest BCUT2D eigenvalue weighted by molar-refractivity contribution is -0.146. The smallest absolute Gasteiger partial charge is 0.248 e. The molecule has 5 heteroatoms. The highest BCUT2D eigenvalue weighted by Gasteiger charge is 2.26. The summed E-state index contributed by atoms with van der Waals surface area (Å²) in [6, 6.07) is 0. The summed E-state index contributed by atoms with van der Waals surface area (Å²) >= 11 is 0. The molecule has 0 aromatic heterocycles. The van der Waals surface area contributed by atoms with E-state index >= 15 is 0 Å². The summed E-state index contributed by atoms with van der Waals surface area (Å²) in [6.45, 7) is 11.3. The highest BCUT2D eigenvalue weighted by molar-refractivity contribution is 5.89. The largest absolute Gasteiger partial charge is 0.308 e. The zero-order chi connectivity index (χ0) is 13.5. The van der Waals surface area contributed by atoms with Crippen LogP contribution in [0.15, 0.2) is 25.3 Å². The van der Waals surface area contributed by atoms with Crippen molar-refractivity contribution in [2.45, 2.75) is 19.8 Å². The van der Waals surface area contributed by atoms with Crippen LogP contribution in [0, 0.1) is 0 Å². The van der Waals surface area contributed by atoms with Crippen molar-refractivity contribution < 1.29 is 9.59 Å². The van der Waals surface area contributed by atoms with E-state index in [4.69, 9.17) is 0 Å². The van der Waals surface area contributed by atoms with Crippen molar-refractivity contribution in [1.29, 1.82) is 0 Å². The Hall–Kier alpha value is -1.62. The molecule has 18 heavy (non-hydrogen) atoms. The maximum Gasteiger partial charge on any atom is 0.248 e. The minimum Gasteiger partial charge on any atom is -0.308 e. The second-order valence-electron chi connectivity index (χ2n) is 4.34. The standard InChI is InChI=1S/C13H21N3O2/c1-4-7-8-14-9-15(12(17)5-2)11-16(10-14)13(18)6-3/h5-6H,2-4,7-11H2,1H3. The van der Waals surface area contributed by atoms with Crippen molar-refractivity contribution in [3.63, 3.8) is 0 Å². The molecule has 1 saturated heterocycles. The maximum atomic E-state index is 11.7. The molecule has 0 aromatic carbocycles. The fraction of sp³-hybridized carbons (Fsp3) is 0.538. The Morgan fingerprint density at radius 3 is 1.94 bits per heavy atom.